The molecule has 2 aliphatic heterocycles. The van der Waals surface area contributed by atoms with E-state index in [-0.39, 0.29) is 41.5 Å². The fourth-order valence-corrected chi connectivity index (χ4v) is 6.39. The second-order valence-corrected chi connectivity index (χ2v) is 11.7. The van der Waals surface area contributed by atoms with Gasteiger partial charge in [-0.25, -0.2) is 4.39 Å². The quantitative estimate of drug-likeness (QED) is 0.104. The lowest BCUT2D eigenvalue weighted by Gasteiger charge is -2.31. The highest BCUT2D eigenvalue weighted by atomic mass is 19.1. The lowest BCUT2D eigenvalue weighted by molar-refractivity contribution is -0.385. The van der Waals surface area contributed by atoms with E-state index in [1.54, 1.807) is 42.5 Å². The first-order valence-corrected chi connectivity index (χ1v) is 15.2. The number of nitrogens with zero attached hydrogens (tertiary/aromatic N) is 4. The van der Waals surface area contributed by atoms with Crippen molar-refractivity contribution >= 4 is 50.9 Å². The summed E-state index contributed by atoms with van der Waals surface area (Å²) in [6.45, 7) is 6.12. The molecule has 11 nitrogen and oxygen atoms in total. The Morgan fingerprint density at radius 2 is 1.43 bits per heavy atom. The number of carbonyl (C=O) groups is 4. The third-order valence-electron chi connectivity index (χ3n) is 8.70. The second kappa shape index (κ2) is 12.4. The van der Waals surface area contributed by atoms with E-state index < -0.39 is 34.4 Å². The summed E-state index contributed by atoms with van der Waals surface area (Å²) in [6.07, 6.45) is 0.697. The van der Waals surface area contributed by atoms with Crippen molar-refractivity contribution in [3.63, 3.8) is 0 Å². The average Bonchev–Trinajstić information content (AvgIpc) is 3.03. The molecular formula is C34H32FN5O6. The highest BCUT2D eigenvalue weighted by molar-refractivity contribution is 6.27. The number of carbonyl (C=O) groups excluding carboxylic acids is 4. The van der Waals surface area contributed by atoms with Crippen LogP contribution in [0.15, 0.2) is 60.7 Å². The summed E-state index contributed by atoms with van der Waals surface area (Å²) in [6, 6.07) is 15.4. The monoisotopic (exact) mass is 625 g/mol. The van der Waals surface area contributed by atoms with E-state index in [4.69, 9.17) is 0 Å². The van der Waals surface area contributed by atoms with Crippen molar-refractivity contribution < 1.29 is 28.5 Å². The summed E-state index contributed by atoms with van der Waals surface area (Å²) < 4.78 is 14.2. The molecule has 0 fully saturated rings. The normalized spacial score (nSPS) is 14.5. The SMILES string of the molecule is CC(C)N(CCCNCCN1C(=O)c2cccc3cc(F)cc(c23)C1=O)CCN1C(=O)c2cccc3ccc([N+](=O)[O-])c(c23)C1=O. The number of amides is 4. The van der Waals surface area contributed by atoms with Gasteiger partial charge in [-0.1, -0.05) is 24.3 Å². The van der Waals surface area contributed by atoms with Gasteiger partial charge in [0, 0.05) is 60.2 Å². The first-order chi connectivity index (χ1) is 22.1. The van der Waals surface area contributed by atoms with E-state index in [0.717, 1.165) is 9.80 Å². The molecule has 12 heteroatoms. The molecule has 4 amide bonds. The topological polar surface area (TPSA) is 133 Å². The molecular weight excluding hydrogens is 593 g/mol. The van der Waals surface area contributed by atoms with E-state index in [2.05, 4.69) is 10.2 Å². The van der Waals surface area contributed by atoms with Crippen LogP contribution in [0.5, 0.6) is 0 Å². The summed E-state index contributed by atoms with van der Waals surface area (Å²) in [5, 5.41) is 16.9. The Kier molecular flexibility index (Phi) is 8.32. The van der Waals surface area contributed by atoms with Gasteiger partial charge in [0.1, 0.15) is 11.4 Å². The van der Waals surface area contributed by atoms with Gasteiger partial charge >= 0.3 is 0 Å². The first-order valence-electron chi connectivity index (χ1n) is 15.2. The number of hydrogen-bond acceptors (Lipinski definition) is 8. The molecule has 0 aromatic heterocycles. The zero-order valence-electron chi connectivity index (χ0n) is 25.4. The minimum atomic E-state index is -0.672. The van der Waals surface area contributed by atoms with Crippen LogP contribution in [0.2, 0.25) is 0 Å². The molecule has 0 saturated heterocycles. The molecule has 0 unspecified atom stereocenters. The number of nitro groups is 1. The van der Waals surface area contributed by atoms with Crippen LogP contribution in [0.3, 0.4) is 0 Å². The summed E-state index contributed by atoms with van der Waals surface area (Å²) >= 11 is 0. The Hall–Kier alpha value is -5.07. The van der Waals surface area contributed by atoms with Gasteiger partial charge in [0.25, 0.3) is 29.3 Å². The van der Waals surface area contributed by atoms with Crippen LogP contribution in [0.4, 0.5) is 10.1 Å². The maximum Gasteiger partial charge on any atom is 0.282 e. The minimum absolute atomic E-state index is 0.0611. The highest BCUT2D eigenvalue weighted by Gasteiger charge is 2.38. The van der Waals surface area contributed by atoms with Crippen LogP contribution in [0.25, 0.3) is 21.5 Å². The average molecular weight is 626 g/mol. The third kappa shape index (κ3) is 5.39. The van der Waals surface area contributed by atoms with Crippen molar-refractivity contribution in [1.82, 2.24) is 20.0 Å². The molecule has 4 aromatic carbocycles. The predicted molar refractivity (Wildman–Crippen MR) is 169 cm³/mol. The predicted octanol–water partition coefficient (Wildman–Crippen LogP) is 4.62. The van der Waals surface area contributed by atoms with Gasteiger partial charge in [0.15, 0.2) is 0 Å². The molecule has 0 radical (unpaired) electrons. The molecule has 4 aromatic rings. The number of rotatable bonds is 12. The van der Waals surface area contributed by atoms with E-state index in [0.29, 0.717) is 59.7 Å². The summed E-state index contributed by atoms with van der Waals surface area (Å²) in [5.74, 6) is -2.61. The van der Waals surface area contributed by atoms with Crippen molar-refractivity contribution in [3.8, 4) is 0 Å². The molecule has 0 spiro atoms. The number of imide groups is 2. The van der Waals surface area contributed by atoms with Crippen molar-refractivity contribution in [1.29, 1.82) is 0 Å². The minimum Gasteiger partial charge on any atom is -0.315 e. The van der Waals surface area contributed by atoms with Crippen LogP contribution in [-0.2, 0) is 0 Å². The van der Waals surface area contributed by atoms with Crippen LogP contribution in [-0.4, -0.2) is 88.6 Å². The number of halogens is 1. The molecule has 0 aliphatic carbocycles. The number of benzene rings is 4. The van der Waals surface area contributed by atoms with Gasteiger partial charge < -0.3 is 5.32 Å². The summed E-state index contributed by atoms with van der Waals surface area (Å²) in [4.78, 5) is 68.5. The molecule has 2 heterocycles. The largest absolute Gasteiger partial charge is 0.315 e. The highest BCUT2D eigenvalue weighted by Crippen LogP contribution is 2.36. The van der Waals surface area contributed by atoms with Gasteiger partial charge in [-0.15, -0.1) is 0 Å². The van der Waals surface area contributed by atoms with Crippen molar-refractivity contribution in [3.05, 3.63) is 98.8 Å². The lowest BCUT2D eigenvalue weighted by atomic mass is 9.93. The number of nitro benzene ring substituents is 1. The molecule has 1 N–H and O–H groups in total. The van der Waals surface area contributed by atoms with Gasteiger partial charge in [-0.3, -0.25) is 44.0 Å². The Labute approximate surface area is 263 Å². The third-order valence-corrected chi connectivity index (χ3v) is 8.70. The Balaban J connectivity index is 1.04. The first kappa shape index (κ1) is 30.9. The second-order valence-electron chi connectivity index (χ2n) is 11.7. The maximum atomic E-state index is 14.2. The molecule has 2 aliphatic rings. The zero-order chi connectivity index (χ0) is 32.7. The van der Waals surface area contributed by atoms with E-state index in [1.165, 1.54) is 18.2 Å². The molecule has 0 bridgehead atoms. The van der Waals surface area contributed by atoms with E-state index in [1.807, 2.05) is 13.8 Å². The standard InChI is InChI=1S/C34H32FN5O6/c1-20(2)37(16-17-39-32(42)25-9-3-6-21-10-11-27(40(45)46)30(29(21)25)34(39)44)14-5-12-36-13-15-38-31(41)24-8-4-7-22-18-23(35)19-26(28(22)24)33(38)43/h3-4,6-11,18-20,36H,5,12-17H2,1-2H3. The Morgan fingerprint density at radius 1 is 0.783 bits per heavy atom. The van der Waals surface area contributed by atoms with Crippen molar-refractivity contribution in [2.45, 2.75) is 26.3 Å². The van der Waals surface area contributed by atoms with E-state index in [9.17, 15) is 33.7 Å². The molecule has 6 rings (SSSR count). The Bertz CT molecular complexity index is 1940. The van der Waals surface area contributed by atoms with Gasteiger partial charge in [-0.05, 0) is 74.5 Å². The van der Waals surface area contributed by atoms with Crippen LogP contribution in [0, 0.1) is 15.9 Å². The fourth-order valence-electron chi connectivity index (χ4n) is 6.39. The maximum absolute atomic E-state index is 14.2. The van der Waals surface area contributed by atoms with Crippen LogP contribution < -0.4 is 5.32 Å². The molecule has 46 heavy (non-hydrogen) atoms. The molecule has 0 saturated carbocycles. The smallest absolute Gasteiger partial charge is 0.282 e. The van der Waals surface area contributed by atoms with Crippen molar-refractivity contribution in [2.75, 3.05) is 39.3 Å². The van der Waals surface area contributed by atoms with Gasteiger partial charge in [0.05, 0.1) is 10.5 Å². The van der Waals surface area contributed by atoms with Gasteiger partial charge in [-0.2, -0.15) is 0 Å². The van der Waals surface area contributed by atoms with Crippen molar-refractivity contribution in [2.24, 2.45) is 0 Å². The lowest BCUT2D eigenvalue weighted by Crippen LogP contribution is -2.46. The fraction of sp³-hybridized carbons (Fsp3) is 0.294. The molecule has 0 atom stereocenters. The number of hydrogen-bond donors (Lipinski definition) is 1. The van der Waals surface area contributed by atoms with E-state index >= 15 is 0 Å². The van der Waals surface area contributed by atoms with Crippen LogP contribution >= 0.6 is 0 Å². The molecule has 236 valence electrons. The summed E-state index contributed by atoms with van der Waals surface area (Å²) in [5.41, 5.74) is 0.440. The number of nitrogens with one attached hydrogen (secondary N) is 1. The van der Waals surface area contributed by atoms with Gasteiger partial charge in [0.2, 0.25) is 0 Å². The Morgan fingerprint density at radius 3 is 2.13 bits per heavy atom. The zero-order valence-corrected chi connectivity index (χ0v) is 25.4. The summed E-state index contributed by atoms with van der Waals surface area (Å²) in [7, 11) is 0. The van der Waals surface area contributed by atoms with Crippen LogP contribution in [0.1, 0.15) is 61.7 Å².